The molecule has 0 aliphatic heterocycles. The van der Waals surface area contributed by atoms with Crippen LogP contribution in [0.4, 0.5) is 5.13 Å². The van der Waals surface area contributed by atoms with Gasteiger partial charge in [-0.2, -0.15) is 0 Å². The zero-order valence-corrected chi connectivity index (χ0v) is 9.30. The standard InChI is InChI=1S/C7H10Cl2N2S/c1-3-11(2)7-10-6(9)5(4-8)12-7/h3-4H2,1-2H3. The second kappa shape index (κ2) is 4.30. The zero-order valence-electron chi connectivity index (χ0n) is 6.97. The summed E-state index contributed by atoms with van der Waals surface area (Å²) in [5, 5.41) is 1.46. The molecule has 0 aliphatic rings. The maximum absolute atomic E-state index is 5.83. The van der Waals surface area contributed by atoms with Gasteiger partial charge in [0, 0.05) is 13.6 Å². The minimum atomic E-state index is 0.439. The van der Waals surface area contributed by atoms with Crippen LogP contribution in [0.2, 0.25) is 5.15 Å². The third-order valence-electron chi connectivity index (χ3n) is 1.56. The van der Waals surface area contributed by atoms with Crippen molar-refractivity contribution >= 4 is 39.7 Å². The molecule has 1 aromatic rings. The number of rotatable bonds is 3. The quantitative estimate of drug-likeness (QED) is 0.735. The minimum Gasteiger partial charge on any atom is -0.351 e. The van der Waals surface area contributed by atoms with Gasteiger partial charge < -0.3 is 4.90 Å². The van der Waals surface area contributed by atoms with E-state index < -0.39 is 0 Å². The van der Waals surface area contributed by atoms with Gasteiger partial charge in [-0.15, -0.1) is 11.6 Å². The van der Waals surface area contributed by atoms with Crippen LogP contribution in [-0.2, 0) is 5.88 Å². The number of alkyl halides is 1. The van der Waals surface area contributed by atoms with Crippen LogP contribution in [0.25, 0.3) is 0 Å². The zero-order chi connectivity index (χ0) is 9.14. The molecule has 0 atom stereocenters. The van der Waals surface area contributed by atoms with Gasteiger partial charge in [0.05, 0.1) is 10.8 Å². The average Bonchev–Trinajstić information content (AvgIpc) is 2.45. The summed E-state index contributed by atoms with van der Waals surface area (Å²) in [6, 6.07) is 0. The third-order valence-corrected chi connectivity index (χ3v) is 3.58. The first kappa shape index (κ1) is 10.1. The van der Waals surface area contributed by atoms with Crippen LogP contribution in [0.3, 0.4) is 0 Å². The van der Waals surface area contributed by atoms with Crippen molar-refractivity contribution in [2.45, 2.75) is 12.8 Å². The van der Waals surface area contributed by atoms with Gasteiger partial charge in [-0.05, 0) is 6.92 Å². The largest absolute Gasteiger partial charge is 0.351 e. The van der Waals surface area contributed by atoms with E-state index in [4.69, 9.17) is 23.2 Å². The van der Waals surface area contributed by atoms with Crippen LogP contribution in [0, 0.1) is 0 Å². The van der Waals surface area contributed by atoms with E-state index in [-0.39, 0.29) is 0 Å². The van der Waals surface area contributed by atoms with Crippen LogP contribution in [0.5, 0.6) is 0 Å². The summed E-state index contributed by atoms with van der Waals surface area (Å²) < 4.78 is 0. The van der Waals surface area contributed by atoms with Crippen LogP contribution in [0.1, 0.15) is 11.8 Å². The number of nitrogens with zero attached hydrogens (tertiary/aromatic N) is 2. The fraction of sp³-hybridized carbons (Fsp3) is 0.571. The summed E-state index contributed by atoms with van der Waals surface area (Å²) in [6.45, 7) is 2.99. The van der Waals surface area contributed by atoms with Crippen LogP contribution in [-0.4, -0.2) is 18.6 Å². The summed E-state index contributed by atoms with van der Waals surface area (Å²) in [7, 11) is 1.98. The molecule has 0 radical (unpaired) electrons. The Balaban J connectivity index is 2.88. The highest BCUT2D eigenvalue weighted by Gasteiger charge is 2.09. The number of aromatic nitrogens is 1. The Morgan fingerprint density at radius 3 is 2.67 bits per heavy atom. The average molecular weight is 225 g/mol. The lowest BCUT2D eigenvalue weighted by Gasteiger charge is -2.10. The predicted molar refractivity (Wildman–Crippen MR) is 55.6 cm³/mol. The van der Waals surface area contributed by atoms with E-state index in [0.29, 0.717) is 11.0 Å². The SMILES string of the molecule is CCN(C)c1nc(Cl)c(CCl)s1. The van der Waals surface area contributed by atoms with Crippen LogP contribution in [0.15, 0.2) is 0 Å². The Morgan fingerprint density at radius 2 is 2.25 bits per heavy atom. The molecule has 5 heteroatoms. The lowest BCUT2D eigenvalue weighted by atomic mass is 10.6. The summed E-state index contributed by atoms with van der Waals surface area (Å²) in [5.41, 5.74) is 0. The molecule has 0 amide bonds. The number of hydrogen-bond acceptors (Lipinski definition) is 3. The number of hydrogen-bond donors (Lipinski definition) is 0. The number of thiazole rings is 1. The van der Waals surface area contributed by atoms with E-state index in [0.717, 1.165) is 16.6 Å². The van der Waals surface area contributed by atoms with Gasteiger partial charge in [0.15, 0.2) is 5.13 Å². The van der Waals surface area contributed by atoms with Crippen molar-refractivity contribution in [3.8, 4) is 0 Å². The Bertz CT molecular complexity index is 262. The Kier molecular flexibility index (Phi) is 3.62. The normalized spacial score (nSPS) is 10.3. The first-order valence-corrected chi connectivity index (χ1v) is 5.34. The molecule has 0 N–H and O–H groups in total. The highest BCUT2D eigenvalue weighted by Crippen LogP contribution is 2.29. The molecule has 1 aromatic heterocycles. The van der Waals surface area contributed by atoms with Gasteiger partial charge in [-0.25, -0.2) is 4.98 Å². The second-order valence-electron chi connectivity index (χ2n) is 2.36. The lowest BCUT2D eigenvalue weighted by Crippen LogP contribution is -2.15. The van der Waals surface area contributed by atoms with Gasteiger partial charge in [0.1, 0.15) is 5.15 Å². The maximum atomic E-state index is 5.83. The molecule has 0 bridgehead atoms. The minimum absolute atomic E-state index is 0.439. The monoisotopic (exact) mass is 224 g/mol. The van der Waals surface area contributed by atoms with Gasteiger partial charge in [-0.3, -0.25) is 0 Å². The van der Waals surface area contributed by atoms with Crippen LogP contribution >= 0.6 is 34.5 Å². The Labute approximate surface area is 86.1 Å². The molecule has 68 valence electrons. The molecule has 0 saturated carbocycles. The Morgan fingerprint density at radius 1 is 1.58 bits per heavy atom. The first-order chi connectivity index (χ1) is 5.69. The maximum Gasteiger partial charge on any atom is 0.186 e. The smallest absolute Gasteiger partial charge is 0.186 e. The van der Waals surface area contributed by atoms with Gasteiger partial charge in [0.25, 0.3) is 0 Å². The van der Waals surface area contributed by atoms with E-state index in [1.54, 1.807) is 11.3 Å². The molecule has 12 heavy (non-hydrogen) atoms. The molecule has 0 fully saturated rings. The summed E-state index contributed by atoms with van der Waals surface area (Å²) >= 11 is 13.0. The predicted octanol–water partition coefficient (Wildman–Crippen LogP) is 2.99. The topological polar surface area (TPSA) is 16.1 Å². The molecule has 2 nitrogen and oxygen atoms in total. The van der Waals surface area contributed by atoms with Crippen molar-refractivity contribution in [1.82, 2.24) is 4.98 Å². The molecule has 0 aromatic carbocycles. The van der Waals surface area contributed by atoms with Crippen molar-refractivity contribution in [2.75, 3.05) is 18.5 Å². The number of anilines is 1. The molecule has 0 aliphatic carbocycles. The molecule has 0 saturated heterocycles. The highest BCUT2D eigenvalue weighted by molar-refractivity contribution is 7.16. The molecule has 0 spiro atoms. The van der Waals surface area contributed by atoms with Crippen molar-refractivity contribution in [3.05, 3.63) is 10.0 Å². The van der Waals surface area contributed by atoms with E-state index >= 15 is 0 Å². The Hall–Kier alpha value is 0.01000. The van der Waals surface area contributed by atoms with Gasteiger partial charge >= 0.3 is 0 Å². The molecule has 1 heterocycles. The van der Waals surface area contributed by atoms with Gasteiger partial charge in [-0.1, -0.05) is 22.9 Å². The summed E-state index contributed by atoms with van der Waals surface area (Å²) in [6.07, 6.45) is 0. The second-order valence-corrected chi connectivity index (χ2v) is 4.05. The van der Waals surface area contributed by atoms with E-state index in [2.05, 4.69) is 11.9 Å². The lowest BCUT2D eigenvalue weighted by molar-refractivity contribution is 0.958. The molecule has 0 unspecified atom stereocenters. The van der Waals surface area contributed by atoms with Crippen molar-refractivity contribution in [1.29, 1.82) is 0 Å². The van der Waals surface area contributed by atoms with Gasteiger partial charge in [0.2, 0.25) is 0 Å². The number of halogens is 2. The molecular formula is C7H10Cl2N2S. The summed E-state index contributed by atoms with van der Waals surface area (Å²) in [4.78, 5) is 7.15. The van der Waals surface area contributed by atoms with E-state index in [1.807, 2.05) is 11.9 Å². The van der Waals surface area contributed by atoms with E-state index in [9.17, 15) is 0 Å². The first-order valence-electron chi connectivity index (χ1n) is 3.61. The third kappa shape index (κ3) is 2.03. The fourth-order valence-electron chi connectivity index (χ4n) is 0.702. The van der Waals surface area contributed by atoms with Crippen molar-refractivity contribution in [2.24, 2.45) is 0 Å². The van der Waals surface area contributed by atoms with Crippen molar-refractivity contribution < 1.29 is 0 Å². The molecular weight excluding hydrogens is 215 g/mol. The van der Waals surface area contributed by atoms with E-state index in [1.165, 1.54) is 0 Å². The highest BCUT2D eigenvalue weighted by atomic mass is 35.5. The van der Waals surface area contributed by atoms with Crippen LogP contribution < -0.4 is 4.90 Å². The molecule has 1 rings (SSSR count). The van der Waals surface area contributed by atoms with Crippen molar-refractivity contribution in [3.63, 3.8) is 0 Å². The fourth-order valence-corrected chi connectivity index (χ4v) is 2.20. The summed E-state index contributed by atoms with van der Waals surface area (Å²) in [5.74, 6) is 0.439.